The number of H-pyrrole nitrogens is 1. The summed E-state index contributed by atoms with van der Waals surface area (Å²) in [5, 5.41) is 6.87. The molecule has 702 valence electrons. The number of rotatable bonds is 3. The fourth-order valence-corrected chi connectivity index (χ4v) is 19.3. The molecule has 11 heterocycles. The zero-order valence-electron chi connectivity index (χ0n) is 88.1. The molecule has 0 saturated carbocycles. The number of hydrogen-bond donors (Lipinski definition) is 1. The fraction of sp³-hybridized carbons (Fsp3) is 0.638. The first-order valence-corrected chi connectivity index (χ1v) is 51.2. The number of nitrogens with zero attached hydrogens (tertiary/aromatic N) is 10. The zero-order valence-corrected chi connectivity index (χ0v) is 94.6. The van der Waals surface area contributed by atoms with Crippen molar-refractivity contribution in [3.63, 3.8) is 0 Å². The van der Waals surface area contributed by atoms with Crippen molar-refractivity contribution in [2.45, 2.75) is 432 Å². The summed E-state index contributed by atoms with van der Waals surface area (Å²) in [4.78, 5) is 44.2. The number of oxazole rings is 1. The summed E-state index contributed by atoms with van der Waals surface area (Å²) < 4.78 is 18.3. The molecule has 1 aliphatic heterocycles. The van der Waals surface area contributed by atoms with Crippen molar-refractivity contribution in [1.82, 2.24) is 48.0 Å². The summed E-state index contributed by atoms with van der Waals surface area (Å²) in [5.41, 5.74) is 17.5. The minimum Gasteiger partial charge on any atom is -0.445 e. The largest absolute Gasteiger partial charge is 0.445 e. The van der Waals surface area contributed by atoms with Crippen molar-refractivity contribution >= 4 is 97.5 Å². The minimum atomic E-state index is 0.0846. The molecule has 0 atom stereocenters. The monoisotopic (exact) mass is 1860 g/mol. The maximum Gasteiger partial charge on any atom is 0.191 e. The van der Waals surface area contributed by atoms with E-state index in [1.54, 1.807) is 79.7 Å². The fourth-order valence-electron chi connectivity index (χ4n) is 11.9. The molecule has 12 nitrogen and oxygen atoms in total. The molecule has 0 fully saturated rings. The predicted octanol–water partition coefficient (Wildman–Crippen LogP) is 34.3. The highest BCUT2D eigenvalue weighted by Gasteiger charge is 2.27. The topological polar surface area (TPSA) is 157 Å². The van der Waals surface area contributed by atoms with Crippen molar-refractivity contribution < 1.29 is 4.42 Å². The van der Waals surface area contributed by atoms with Gasteiger partial charge in [-0.25, -0.2) is 29.9 Å². The lowest BCUT2D eigenvalue weighted by atomic mass is 9.85. The van der Waals surface area contributed by atoms with Crippen molar-refractivity contribution in [2.24, 2.45) is 15.8 Å². The van der Waals surface area contributed by atoms with E-state index >= 15 is 0 Å². The lowest BCUT2D eigenvalue weighted by molar-refractivity contribution is 0.392. The lowest BCUT2D eigenvalue weighted by Crippen LogP contribution is -2.12. The second kappa shape index (κ2) is 49.6. The van der Waals surface area contributed by atoms with Crippen LogP contribution in [0.25, 0.3) is 0 Å². The molecule has 0 radical (unpaired) electrons. The molecule has 2 aliphatic rings. The number of thiophene rings is 1. The Kier molecular flexibility index (Phi) is 46.6. The van der Waals surface area contributed by atoms with Crippen LogP contribution in [0.5, 0.6) is 0 Å². The minimum absolute atomic E-state index is 0.0846. The van der Waals surface area contributed by atoms with Gasteiger partial charge in [0.05, 0.1) is 54.7 Å². The second-order valence-corrected chi connectivity index (χ2v) is 53.3. The Labute approximate surface area is 796 Å². The van der Waals surface area contributed by atoms with Crippen LogP contribution in [0, 0.1) is 80.1 Å². The molecule has 0 aromatic carbocycles. The van der Waals surface area contributed by atoms with E-state index in [9.17, 15) is 0 Å². The van der Waals surface area contributed by atoms with E-state index in [2.05, 4.69) is 406 Å². The summed E-state index contributed by atoms with van der Waals surface area (Å²) in [6.45, 7) is 109. The van der Waals surface area contributed by atoms with Crippen LogP contribution < -0.4 is 0 Å². The van der Waals surface area contributed by atoms with Crippen LogP contribution in [0.2, 0.25) is 0 Å². The van der Waals surface area contributed by atoms with Crippen LogP contribution in [0.1, 0.15) is 412 Å². The summed E-state index contributed by atoms with van der Waals surface area (Å²) in [6.07, 6.45) is 21.8. The van der Waals surface area contributed by atoms with E-state index in [1.165, 1.54) is 101 Å². The van der Waals surface area contributed by atoms with Crippen LogP contribution in [-0.2, 0) is 73.4 Å². The SMILES string of the molecule is CC(C)(C)C1=CCC=N1.CC1=C(C(C)(C)C)C=CC1.CCc1c(C)nsc1C(C)(C)C.CCc1ccsc1C(C)(C)C.CCc1nc(C)sc1C(C)(C)C.Cc1cc(C(C)(C)C)ns1.Cc1cc(C(C)(C)C)sn1.Cc1nc(C(C)(C)C)c(C)s1.Cc1ncc(C(C)(C)C)[nH]1.Cc1ncc(C(C)(C)C)o1.Cc1ncc(C(C)(C)C)s1.Cc1ncc(C(C)(C)C)s1. The van der Waals surface area contributed by atoms with Crippen molar-refractivity contribution in [1.29, 1.82) is 0 Å². The van der Waals surface area contributed by atoms with Gasteiger partial charge < -0.3 is 9.40 Å². The maximum absolute atomic E-state index is 5.34. The zero-order chi connectivity index (χ0) is 97.2. The van der Waals surface area contributed by atoms with Crippen LogP contribution in [0.3, 0.4) is 0 Å². The molecule has 20 heteroatoms. The van der Waals surface area contributed by atoms with E-state index in [1.807, 2.05) is 82.1 Å². The maximum atomic E-state index is 5.34. The van der Waals surface area contributed by atoms with Gasteiger partial charge in [0, 0.05) is 116 Å². The number of aromatic amines is 1. The van der Waals surface area contributed by atoms with Crippen molar-refractivity contribution in [3.05, 3.63) is 205 Å². The molecule has 12 rings (SSSR count). The molecule has 0 bridgehead atoms. The number of aryl methyl sites for hydroxylation is 12. The van der Waals surface area contributed by atoms with E-state index in [0.717, 1.165) is 65.3 Å². The van der Waals surface area contributed by atoms with Gasteiger partial charge in [-0.15, -0.1) is 56.7 Å². The normalized spacial score (nSPS) is 13.0. The van der Waals surface area contributed by atoms with Gasteiger partial charge in [-0.1, -0.05) is 294 Å². The van der Waals surface area contributed by atoms with Crippen LogP contribution in [0.4, 0.5) is 0 Å². The Morgan fingerprint density at radius 1 is 0.424 bits per heavy atom. The highest BCUT2D eigenvalue weighted by molar-refractivity contribution is 7.12. The molecule has 0 amide bonds. The summed E-state index contributed by atoms with van der Waals surface area (Å²) >= 11 is 13.9. The van der Waals surface area contributed by atoms with Gasteiger partial charge >= 0.3 is 0 Å². The number of aromatic nitrogens is 10. The third kappa shape index (κ3) is 44.3. The first-order chi connectivity index (χ1) is 56.5. The molecule has 1 aliphatic carbocycles. The van der Waals surface area contributed by atoms with E-state index in [-0.39, 0.29) is 54.1 Å². The molecule has 0 unspecified atom stereocenters. The molecule has 0 saturated heterocycles. The Bertz CT molecular complexity index is 4480. The van der Waals surface area contributed by atoms with Crippen molar-refractivity contribution in [3.8, 4) is 0 Å². The van der Waals surface area contributed by atoms with Crippen LogP contribution in [0.15, 0.2) is 92.8 Å². The highest BCUT2D eigenvalue weighted by atomic mass is 32.1. The third-order valence-electron chi connectivity index (χ3n) is 19.0. The van der Waals surface area contributed by atoms with Gasteiger partial charge in [0.2, 0.25) is 0 Å². The van der Waals surface area contributed by atoms with Crippen LogP contribution >= 0.6 is 91.3 Å². The average molecular weight is 1860 g/mol. The lowest BCUT2D eigenvalue weighted by Gasteiger charge is -2.20. The number of thiazole rings is 4. The molecule has 10 aromatic rings. The number of aliphatic imine (C=N–C) groups is 1. The third-order valence-corrected chi connectivity index (χ3v) is 28.8. The summed E-state index contributed by atoms with van der Waals surface area (Å²) in [5.74, 6) is 2.68. The first-order valence-electron chi connectivity index (χ1n) is 44.7. The van der Waals surface area contributed by atoms with Gasteiger partial charge in [0.15, 0.2) is 5.89 Å². The van der Waals surface area contributed by atoms with E-state index < -0.39 is 0 Å². The Hall–Kier alpha value is -5.58. The molecule has 0 spiro atoms. The second-order valence-electron chi connectivity index (χ2n) is 44.8. The quantitative estimate of drug-likeness (QED) is 0.181. The number of nitrogens with one attached hydrogen (secondary N) is 1. The average Bonchev–Trinajstić information content (AvgIpc) is 1.69. The van der Waals surface area contributed by atoms with Crippen LogP contribution in [-0.4, -0.2) is 54.2 Å². The molecular weight excluding hydrogens is 1690 g/mol. The Morgan fingerprint density at radius 2 is 0.944 bits per heavy atom. The Balaban J connectivity index is 0.000000682. The molecule has 10 aromatic heterocycles. The highest BCUT2D eigenvalue weighted by Crippen LogP contribution is 2.38. The van der Waals surface area contributed by atoms with Gasteiger partial charge in [-0.05, 0) is 208 Å². The van der Waals surface area contributed by atoms with E-state index in [0.29, 0.717) is 10.8 Å². The Morgan fingerprint density at radius 3 is 1.17 bits per heavy atom. The van der Waals surface area contributed by atoms with Gasteiger partial charge in [0.1, 0.15) is 11.6 Å². The standard InChI is InChI=1S/2C10H17NS.C10H16S.C10H16.C9H15NS.C8H14N2.C8H13NO.4C8H13NS.C8H13N/c1-6-8-9(10(3,4)5)12-7(2)11-8;1-6-8-7(2)11-12-9(8)10(3,4)5;1-5-8-6-7-11-9(8)10(2,3)4;1-8-6-5-7-9(8)10(2,3)4;1-6-8(9(3,4)5)10-7(2)11-6;4*1-6-9-5-7(10-6)8(2,3)4;1-6-5-7(9-10-6)8(2,3)4;1-6-5-7(10-9-6)8(2,3)4;1-8(2,3)7-5-4-6-9-7/h2*6H2,1-5H3;6-7H,5H2,1-4H3;5,7H,6H2,1-4H3;1-5H3;5H,1-4H3,(H,9,10);5*5H,1-4H3;5-6H,4H2,1-3H3. The number of hydrogen-bond acceptors (Lipinski definition) is 19. The van der Waals surface area contributed by atoms with E-state index in [4.69, 9.17) is 4.42 Å². The molecular formula is C105H173N11OS8. The van der Waals surface area contributed by atoms with Crippen molar-refractivity contribution in [2.75, 3.05) is 0 Å². The summed E-state index contributed by atoms with van der Waals surface area (Å²) in [7, 11) is 0. The first kappa shape index (κ1) is 117. The number of allylic oxidation sites excluding steroid dienone is 6. The smallest absolute Gasteiger partial charge is 0.191 e. The van der Waals surface area contributed by atoms with Gasteiger partial charge in [0.25, 0.3) is 0 Å². The van der Waals surface area contributed by atoms with Gasteiger partial charge in [-0.2, -0.15) is 13.1 Å². The number of imidazole rings is 1. The molecule has 1 N–H and O–H groups in total. The predicted molar refractivity (Wildman–Crippen MR) is 563 cm³/mol. The molecule has 125 heavy (non-hydrogen) atoms. The van der Waals surface area contributed by atoms with Gasteiger partial charge in [-0.3, -0.25) is 4.99 Å². The summed E-state index contributed by atoms with van der Waals surface area (Å²) in [6, 6.07) is 6.56.